The van der Waals surface area contributed by atoms with Crippen LogP contribution in [0.3, 0.4) is 0 Å². The first-order valence-corrected chi connectivity index (χ1v) is 16.1. The van der Waals surface area contributed by atoms with E-state index in [9.17, 15) is 0 Å². The molecule has 2 fully saturated rings. The SMILES string of the molecule is CC(C)C1=CC=C(c2ccccc2C(C)C)C(C(C)C)(P(C2CCCCC2)C2CCCCC2)C1. The van der Waals surface area contributed by atoms with Gasteiger partial charge in [-0.1, -0.05) is 130 Å². The fourth-order valence-corrected chi connectivity index (χ4v) is 12.7. The van der Waals surface area contributed by atoms with Crippen LogP contribution in [0.1, 0.15) is 129 Å². The summed E-state index contributed by atoms with van der Waals surface area (Å²) in [6, 6.07) is 9.46. The fourth-order valence-electron chi connectivity index (χ4n) is 7.48. The van der Waals surface area contributed by atoms with Crippen molar-refractivity contribution in [3.8, 4) is 0 Å². The van der Waals surface area contributed by atoms with Gasteiger partial charge in [0.25, 0.3) is 0 Å². The molecule has 1 aromatic carbocycles. The number of hydrogen-bond acceptors (Lipinski definition) is 0. The Morgan fingerprint density at radius 2 is 1.26 bits per heavy atom. The number of rotatable bonds is 7. The molecule has 1 atom stereocenters. The van der Waals surface area contributed by atoms with E-state index in [0.717, 1.165) is 11.3 Å². The molecule has 34 heavy (non-hydrogen) atoms. The molecule has 0 saturated heterocycles. The molecule has 0 radical (unpaired) electrons. The molecule has 0 amide bonds. The molecule has 1 heteroatoms. The fraction of sp³-hybridized carbons (Fsp3) is 0.697. The second kappa shape index (κ2) is 11.5. The van der Waals surface area contributed by atoms with E-state index in [2.05, 4.69) is 78.0 Å². The van der Waals surface area contributed by atoms with Crippen LogP contribution in [0.2, 0.25) is 0 Å². The molecule has 1 unspecified atom stereocenters. The summed E-state index contributed by atoms with van der Waals surface area (Å²) in [6.07, 6.45) is 21.3. The van der Waals surface area contributed by atoms with Crippen LogP contribution < -0.4 is 0 Å². The number of benzene rings is 1. The first-order chi connectivity index (χ1) is 16.4. The van der Waals surface area contributed by atoms with Crippen molar-refractivity contribution in [1.29, 1.82) is 0 Å². The van der Waals surface area contributed by atoms with Crippen molar-refractivity contribution in [2.75, 3.05) is 0 Å². The van der Waals surface area contributed by atoms with E-state index in [0.29, 0.717) is 22.9 Å². The molecular weight excluding hydrogens is 427 g/mol. The lowest BCUT2D eigenvalue weighted by Crippen LogP contribution is -2.44. The van der Waals surface area contributed by atoms with Crippen molar-refractivity contribution < 1.29 is 0 Å². The molecule has 2 saturated carbocycles. The Morgan fingerprint density at radius 1 is 0.706 bits per heavy atom. The normalized spacial score (nSPS) is 25.4. The van der Waals surface area contributed by atoms with E-state index in [-0.39, 0.29) is 7.92 Å². The zero-order valence-corrected chi connectivity index (χ0v) is 24.0. The van der Waals surface area contributed by atoms with Gasteiger partial charge in [-0.15, -0.1) is 0 Å². The summed E-state index contributed by atoms with van der Waals surface area (Å²) in [5, 5.41) is 0.318. The second-order valence-electron chi connectivity index (χ2n) is 12.5. The monoisotopic (exact) mass is 478 g/mol. The molecule has 0 aromatic heterocycles. The molecule has 0 N–H and O–H groups in total. The van der Waals surface area contributed by atoms with Gasteiger partial charge in [0, 0.05) is 5.16 Å². The van der Waals surface area contributed by atoms with Gasteiger partial charge in [0.2, 0.25) is 0 Å². The summed E-state index contributed by atoms with van der Waals surface area (Å²) < 4.78 is 0. The second-order valence-corrected chi connectivity index (χ2v) is 15.5. The topological polar surface area (TPSA) is 0 Å². The van der Waals surface area contributed by atoms with Crippen molar-refractivity contribution in [3.63, 3.8) is 0 Å². The summed E-state index contributed by atoms with van der Waals surface area (Å²) in [5.74, 6) is 1.88. The first-order valence-electron chi connectivity index (χ1n) is 14.6. The lowest BCUT2D eigenvalue weighted by atomic mass is 9.72. The highest BCUT2D eigenvalue weighted by molar-refractivity contribution is 7.61. The number of allylic oxidation sites excluding steroid dienone is 4. The molecule has 0 aliphatic heterocycles. The van der Waals surface area contributed by atoms with Crippen LogP contribution >= 0.6 is 7.92 Å². The molecule has 3 aliphatic carbocycles. The van der Waals surface area contributed by atoms with Crippen molar-refractivity contribution >= 4 is 13.5 Å². The minimum Gasteiger partial charge on any atom is -0.0888 e. The molecule has 0 heterocycles. The van der Waals surface area contributed by atoms with Gasteiger partial charge in [0.05, 0.1) is 0 Å². The van der Waals surface area contributed by atoms with Gasteiger partial charge < -0.3 is 0 Å². The highest BCUT2D eigenvalue weighted by Crippen LogP contribution is 2.72. The number of hydrogen-bond donors (Lipinski definition) is 0. The molecule has 0 nitrogen and oxygen atoms in total. The Morgan fingerprint density at radius 3 is 1.76 bits per heavy atom. The van der Waals surface area contributed by atoms with Crippen LogP contribution in [0.5, 0.6) is 0 Å². The summed E-state index contributed by atoms with van der Waals surface area (Å²) >= 11 is 0. The molecular formula is C33H51P. The predicted molar refractivity (Wildman–Crippen MR) is 154 cm³/mol. The van der Waals surface area contributed by atoms with Crippen LogP contribution in [-0.4, -0.2) is 16.5 Å². The summed E-state index contributed by atoms with van der Waals surface area (Å²) in [5.41, 5.74) is 8.49. The van der Waals surface area contributed by atoms with E-state index in [1.54, 1.807) is 22.3 Å². The molecule has 188 valence electrons. The van der Waals surface area contributed by atoms with E-state index in [1.165, 1.54) is 70.6 Å². The predicted octanol–water partition coefficient (Wildman–Crippen LogP) is 10.7. The van der Waals surface area contributed by atoms with Gasteiger partial charge in [-0.2, -0.15) is 0 Å². The highest BCUT2D eigenvalue weighted by atomic mass is 31.1. The van der Waals surface area contributed by atoms with Crippen molar-refractivity contribution in [2.45, 2.75) is 135 Å². The van der Waals surface area contributed by atoms with Gasteiger partial charge in [0.1, 0.15) is 0 Å². The Hall–Kier alpha value is -0.870. The van der Waals surface area contributed by atoms with E-state index >= 15 is 0 Å². The largest absolute Gasteiger partial charge is 0.0888 e. The third-order valence-corrected chi connectivity index (χ3v) is 13.8. The van der Waals surface area contributed by atoms with Crippen LogP contribution in [0.25, 0.3) is 5.57 Å². The van der Waals surface area contributed by atoms with Gasteiger partial charge >= 0.3 is 0 Å². The zero-order chi connectivity index (χ0) is 24.3. The van der Waals surface area contributed by atoms with E-state index < -0.39 is 0 Å². The third kappa shape index (κ3) is 5.14. The minimum atomic E-state index is -0.0940. The molecule has 1 aromatic rings. The third-order valence-electron chi connectivity index (χ3n) is 9.37. The highest BCUT2D eigenvalue weighted by Gasteiger charge is 2.52. The maximum atomic E-state index is 2.63. The molecule has 0 bridgehead atoms. The van der Waals surface area contributed by atoms with Crippen molar-refractivity contribution in [2.24, 2.45) is 11.8 Å². The average Bonchev–Trinajstić information content (AvgIpc) is 2.85. The smallest absolute Gasteiger partial charge is 0.0225 e. The molecule has 4 rings (SSSR count). The first kappa shape index (κ1) is 26.2. The van der Waals surface area contributed by atoms with Crippen LogP contribution in [0.4, 0.5) is 0 Å². The summed E-state index contributed by atoms with van der Waals surface area (Å²) in [6.45, 7) is 14.8. The Bertz CT molecular complexity index is 842. The molecule has 0 spiro atoms. The van der Waals surface area contributed by atoms with Crippen LogP contribution in [0, 0.1) is 11.8 Å². The van der Waals surface area contributed by atoms with Crippen molar-refractivity contribution in [3.05, 3.63) is 53.1 Å². The maximum absolute atomic E-state index is 2.63. The Labute approximate surface area is 212 Å². The quantitative estimate of drug-likeness (QED) is 0.342. The van der Waals surface area contributed by atoms with Crippen LogP contribution in [-0.2, 0) is 0 Å². The average molecular weight is 479 g/mol. The molecule has 3 aliphatic rings. The van der Waals surface area contributed by atoms with Crippen molar-refractivity contribution in [1.82, 2.24) is 0 Å². The Kier molecular flexibility index (Phi) is 8.83. The van der Waals surface area contributed by atoms with Gasteiger partial charge in [-0.25, -0.2) is 0 Å². The minimum absolute atomic E-state index is 0.0940. The lowest BCUT2D eigenvalue weighted by molar-refractivity contribution is 0.441. The van der Waals surface area contributed by atoms with Gasteiger partial charge in [-0.05, 0) is 77.9 Å². The summed E-state index contributed by atoms with van der Waals surface area (Å²) in [7, 11) is -0.0940. The summed E-state index contributed by atoms with van der Waals surface area (Å²) in [4.78, 5) is 0. The van der Waals surface area contributed by atoms with Crippen LogP contribution in [0.15, 0.2) is 42.0 Å². The van der Waals surface area contributed by atoms with E-state index in [4.69, 9.17) is 0 Å². The standard InChI is InChI=1S/C33H51P/c1-24(2)27-21-22-32(31-20-14-13-19-30(31)25(3)4)33(23-27,26(5)6)34(28-15-9-7-10-16-28)29-17-11-8-12-18-29/h13-14,19-22,24-26,28-29H,7-12,15-18,23H2,1-6H3. The zero-order valence-electron chi connectivity index (χ0n) is 23.1. The van der Waals surface area contributed by atoms with Gasteiger partial charge in [-0.3, -0.25) is 0 Å². The lowest BCUT2D eigenvalue weighted by Gasteiger charge is -2.56. The Balaban J connectivity index is 1.93. The maximum Gasteiger partial charge on any atom is 0.0225 e. The van der Waals surface area contributed by atoms with E-state index in [1.807, 2.05) is 0 Å². The van der Waals surface area contributed by atoms with Gasteiger partial charge in [0.15, 0.2) is 0 Å².